The molecule has 0 aromatic heterocycles. The smallest absolute Gasteiger partial charge is 0.242 e. The molecular weight excluding hydrogens is 307 g/mol. The fourth-order valence-corrected chi connectivity index (χ4v) is 3.58. The maximum atomic E-state index is 12.2. The van der Waals surface area contributed by atoms with E-state index >= 15 is 0 Å². The molecule has 0 heterocycles. The van der Waals surface area contributed by atoms with Crippen molar-refractivity contribution >= 4 is 33.2 Å². The Balaban J connectivity index is 3.18. The van der Waals surface area contributed by atoms with Crippen LogP contribution < -0.4 is 10.5 Å². The summed E-state index contributed by atoms with van der Waals surface area (Å²) in [7, 11) is -3.70. The first-order valence-electron chi connectivity index (χ1n) is 5.74. The second-order valence-corrected chi connectivity index (χ2v) is 8.02. The second-order valence-electron chi connectivity index (χ2n) is 5.47. The maximum Gasteiger partial charge on any atom is 0.242 e. The third-order valence-corrected chi connectivity index (χ3v) is 4.58. The van der Waals surface area contributed by atoms with E-state index < -0.39 is 10.0 Å². The summed E-state index contributed by atoms with van der Waals surface area (Å²) in [5.41, 5.74) is 5.85. The fraction of sp³-hybridized carbons (Fsp3) is 0.500. The molecule has 0 saturated carbocycles. The largest absolute Gasteiger partial charge is 0.326 e. The van der Waals surface area contributed by atoms with E-state index in [4.69, 9.17) is 28.9 Å². The summed E-state index contributed by atoms with van der Waals surface area (Å²) in [6, 6.07) is 2.89. The third kappa shape index (κ3) is 4.61. The van der Waals surface area contributed by atoms with Gasteiger partial charge in [-0.1, -0.05) is 44.0 Å². The van der Waals surface area contributed by atoms with Crippen molar-refractivity contribution in [3.8, 4) is 0 Å². The molecule has 0 radical (unpaired) electrons. The standard InChI is InChI=1S/C12H18Cl2N2O2S/c1-12(2,3)7-16-19(17,18)10-5-9(13)4-8(6-15)11(10)14/h4-5,16H,6-7,15H2,1-3H3. The van der Waals surface area contributed by atoms with Gasteiger partial charge in [0.15, 0.2) is 0 Å². The molecule has 1 rings (SSSR count). The molecule has 108 valence electrons. The predicted molar refractivity (Wildman–Crippen MR) is 79.0 cm³/mol. The van der Waals surface area contributed by atoms with Gasteiger partial charge in [-0.05, 0) is 23.1 Å². The monoisotopic (exact) mass is 324 g/mol. The number of nitrogens with one attached hydrogen (secondary N) is 1. The number of sulfonamides is 1. The van der Waals surface area contributed by atoms with E-state index in [9.17, 15) is 8.42 Å². The molecule has 3 N–H and O–H groups in total. The molecule has 0 spiro atoms. The average molecular weight is 325 g/mol. The van der Waals surface area contributed by atoms with Gasteiger partial charge in [0.25, 0.3) is 0 Å². The van der Waals surface area contributed by atoms with Gasteiger partial charge in [-0.25, -0.2) is 13.1 Å². The summed E-state index contributed by atoms with van der Waals surface area (Å²) in [6.07, 6.45) is 0. The van der Waals surface area contributed by atoms with Gasteiger partial charge in [0.2, 0.25) is 10.0 Å². The highest BCUT2D eigenvalue weighted by molar-refractivity contribution is 7.89. The Hall–Kier alpha value is -0.330. The molecule has 1 aromatic rings. The number of hydrogen-bond acceptors (Lipinski definition) is 3. The minimum Gasteiger partial charge on any atom is -0.326 e. The average Bonchev–Trinajstić information content (AvgIpc) is 2.28. The summed E-state index contributed by atoms with van der Waals surface area (Å²) in [6.45, 7) is 6.22. The lowest BCUT2D eigenvalue weighted by Gasteiger charge is -2.19. The maximum absolute atomic E-state index is 12.2. The lowest BCUT2D eigenvalue weighted by atomic mass is 9.98. The molecule has 0 aliphatic heterocycles. The number of rotatable bonds is 4. The van der Waals surface area contributed by atoms with Crippen LogP contribution in [0.4, 0.5) is 0 Å². The van der Waals surface area contributed by atoms with Gasteiger partial charge in [0.1, 0.15) is 4.90 Å². The Kier molecular flexibility index (Phi) is 5.26. The van der Waals surface area contributed by atoms with Crippen LogP contribution in [0.1, 0.15) is 26.3 Å². The van der Waals surface area contributed by atoms with Gasteiger partial charge >= 0.3 is 0 Å². The van der Waals surface area contributed by atoms with Crippen molar-refractivity contribution in [3.63, 3.8) is 0 Å². The van der Waals surface area contributed by atoms with E-state index in [0.717, 1.165) is 0 Å². The summed E-state index contributed by atoms with van der Waals surface area (Å²) in [5.74, 6) is 0. The van der Waals surface area contributed by atoms with Crippen molar-refractivity contribution in [2.45, 2.75) is 32.2 Å². The number of halogens is 2. The molecule has 0 unspecified atom stereocenters. The van der Waals surface area contributed by atoms with E-state index in [1.165, 1.54) is 6.07 Å². The van der Waals surface area contributed by atoms with Crippen molar-refractivity contribution < 1.29 is 8.42 Å². The molecule has 0 fully saturated rings. The number of benzene rings is 1. The lowest BCUT2D eigenvalue weighted by Crippen LogP contribution is -2.32. The van der Waals surface area contributed by atoms with Crippen LogP contribution in [0, 0.1) is 5.41 Å². The zero-order valence-corrected chi connectivity index (χ0v) is 13.5. The lowest BCUT2D eigenvalue weighted by molar-refractivity contribution is 0.407. The third-order valence-electron chi connectivity index (χ3n) is 2.38. The van der Waals surface area contributed by atoms with Crippen LogP contribution in [-0.4, -0.2) is 15.0 Å². The van der Waals surface area contributed by atoms with E-state index in [2.05, 4.69) is 4.72 Å². The highest BCUT2D eigenvalue weighted by atomic mass is 35.5. The van der Waals surface area contributed by atoms with Crippen LogP contribution in [0.25, 0.3) is 0 Å². The zero-order chi connectivity index (χ0) is 14.8. The first-order valence-corrected chi connectivity index (χ1v) is 7.98. The van der Waals surface area contributed by atoms with Crippen molar-refractivity contribution in [2.75, 3.05) is 6.54 Å². The van der Waals surface area contributed by atoms with Gasteiger partial charge in [0.05, 0.1) is 5.02 Å². The molecule has 1 aromatic carbocycles. The van der Waals surface area contributed by atoms with Crippen LogP contribution >= 0.6 is 23.2 Å². The van der Waals surface area contributed by atoms with E-state index in [1.807, 2.05) is 20.8 Å². The van der Waals surface area contributed by atoms with Gasteiger partial charge in [-0.2, -0.15) is 0 Å². The van der Waals surface area contributed by atoms with E-state index in [1.54, 1.807) is 6.07 Å². The molecular formula is C12H18Cl2N2O2S. The van der Waals surface area contributed by atoms with E-state index in [-0.39, 0.29) is 21.9 Å². The molecule has 0 bridgehead atoms. The predicted octanol–water partition coefficient (Wildman–Crippen LogP) is 2.78. The van der Waals surface area contributed by atoms with Crippen molar-refractivity contribution in [1.82, 2.24) is 4.72 Å². The Morgan fingerprint density at radius 3 is 2.32 bits per heavy atom. The quantitative estimate of drug-likeness (QED) is 0.894. The minimum atomic E-state index is -3.70. The van der Waals surface area contributed by atoms with Gasteiger partial charge in [-0.15, -0.1) is 0 Å². The Labute approximate surface area is 124 Å². The normalized spacial score (nSPS) is 12.7. The number of nitrogens with two attached hydrogens (primary N) is 1. The van der Waals surface area contributed by atoms with Crippen LogP contribution in [0.3, 0.4) is 0 Å². The topological polar surface area (TPSA) is 72.2 Å². The molecule has 19 heavy (non-hydrogen) atoms. The minimum absolute atomic E-state index is 0.0358. The van der Waals surface area contributed by atoms with E-state index in [0.29, 0.717) is 17.1 Å². The Morgan fingerprint density at radius 2 is 1.84 bits per heavy atom. The SMILES string of the molecule is CC(C)(C)CNS(=O)(=O)c1cc(Cl)cc(CN)c1Cl. The van der Waals surface area contributed by atoms with Crippen molar-refractivity contribution in [1.29, 1.82) is 0 Å². The molecule has 7 heteroatoms. The van der Waals surface area contributed by atoms with Gasteiger partial charge in [-0.3, -0.25) is 0 Å². The molecule has 0 aliphatic carbocycles. The first kappa shape index (κ1) is 16.7. The molecule has 0 aliphatic rings. The zero-order valence-electron chi connectivity index (χ0n) is 11.1. The summed E-state index contributed by atoms with van der Waals surface area (Å²) < 4.78 is 27.0. The highest BCUT2D eigenvalue weighted by Gasteiger charge is 2.23. The Bertz CT molecular complexity index is 566. The highest BCUT2D eigenvalue weighted by Crippen LogP contribution is 2.29. The van der Waals surface area contributed by atoms with Crippen LogP contribution in [0.15, 0.2) is 17.0 Å². The van der Waals surface area contributed by atoms with Crippen molar-refractivity contribution in [2.24, 2.45) is 11.1 Å². The van der Waals surface area contributed by atoms with Gasteiger partial charge < -0.3 is 5.73 Å². The summed E-state index contributed by atoms with van der Waals surface area (Å²) in [5, 5.41) is 0.411. The molecule has 0 saturated heterocycles. The van der Waals surface area contributed by atoms with Crippen LogP contribution in [0.5, 0.6) is 0 Å². The van der Waals surface area contributed by atoms with Gasteiger partial charge in [0, 0.05) is 18.1 Å². The number of hydrogen-bond donors (Lipinski definition) is 2. The van der Waals surface area contributed by atoms with Crippen LogP contribution in [0.2, 0.25) is 10.0 Å². The Morgan fingerprint density at radius 1 is 1.26 bits per heavy atom. The molecule has 4 nitrogen and oxygen atoms in total. The first-order chi connectivity index (χ1) is 8.57. The van der Waals surface area contributed by atoms with Crippen molar-refractivity contribution in [3.05, 3.63) is 27.7 Å². The summed E-state index contributed by atoms with van der Waals surface area (Å²) >= 11 is 11.9. The molecule has 0 atom stereocenters. The van der Waals surface area contributed by atoms with Crippen LogP contribution in [-0.2, 0) is 16.6 Å². The molecule has 0 amide bonds. The summed E-state index contributed by atoms with van der Waals surface area (Å²) in [4.78, 5) is -0.0358. The second kappa shape index (κ2) is 5.97. The fourth-order valence-electron chi connectivity index (χ4n) is 1.35.